The number of benzene rings is 9. The highest BCUT2D eigenvalue weighted by Crippen LogP contribution is 2.44. The Labute approximate surface area is 372 Å². The van der Waals surface area contributed by atoms with Crippen LogP contribution in [-0.2, 0) is 0 Å². The van der Waals surface area contributed by atoms with Gasteiger partial charge in [-0.05, 0) is 47.5 Å². The van der Waals surface area contributed by atoms with Gasteiger partial charge in [-0.2, -0.15) is 15.2 Å². The number of hydrogen-bond acceptors (Lipinski definition) is 5. The van der Waals surface area contributed by atoms with Crippen LogP contribution < -0.4 is 0 Å². The van der Waals surface area contributed by atoms with E-state index in [2.05, 4.69) is 143 Å². The van der Waals surface area contributed by atoms with Crippen molar-refractivity contribution in [2.75, 3.05) is 0 Å². The average Bonchev–Trinajstić information content (AvgIpc) is 4.04. The summed E-state index contributed by atoms with van der Waals surface area (Å²) in [5.74, 6) is 1.66. The van der Waals surface area contributed by atoms with Gasteiger partial charge in [-0.1, -0.05) is 170 Å². The van der Waals surface area contributed by atoms with Crippen molar-refractivity contribution in [3.05, 3.63) is 212 Å². The number of nitriles is 1. The summed E-state index contributed by atoms with van der Waals surface area (Å²) in [6.07, 6.45) is 0. The summed E-state index contributed by atoms with van der Waals surface area (Å²) in [6, 6.07) is 73.2. The molecule has 0 aliphatic rings. The fourth-order valence-electron chi connectivity index (χ4n) is 9.69. The standard InChI is InChI=1S/C58H34N6O/c59-35-40-19-7-8-20-42(40)48-33-41(34-49-45-23-11-14-26-52(45)65-55(48)49)63-50-24-12-9-21-43(50)46-31-32-47-44-22-10-13-25-51(44)64(54(47)53(46)63)58-61-56(38-17-5-2-6-18-38)60-57(62-58)39-29-27-37(28-30-39)36-15-3-1-4-16-36/h1-34H. The summed E-state index contributed by atoms with van der Waals surface area (Å²) < 4.78 is 11.2. The summed E-state index contributed by atoms with van der Waals surface area (Å²) in [5, 5.41) is 16.7. The molecule has 7 nitrogen and oxygen atoms in total. The third kappa shape index (κ3) is 5.71. The summed E-state index contributed by atoms with van der Waals surface area (Å²) in [4.78, 5) is 15.8. The van der Waals surface area contributed by atoms with Crippen molar-refractivity contribution in [1.29, 1.82) is 5.26 Å². The zero-order valence-corrected chi connectivity index (χ0v) is 34.7. The van der Waals surface area contributed by atoms with Crippen LogP contribution in [0.4, 0.5) is 0 Å². The predicted molar refractivity (Wildman–Crippen MR) is 262 cm³/mol. The van der Waals surface area contributed by atoms with E-state index >= 15 is 0 Å². The van der Waals surface area contributed by atoms with Gasteiger partial charge in [0.25, 0.3) is 0 Å². The summed E-state index contributed by atoms with van der Waals surface area (Å²) in [6.45, 7) is 0. The van der Waals surface area contributed by atoms with Gasteiger partial charge >= 0.3 is 0 Å². The molecule has 0 spiro atoms. The van der Waals surface area contributed by atoms with E-state index in [0.717, 1.165) is 105 Å². The molecule has 0 atom stereocenters. The molecule has 13 aromatic rings. The second-order valence-corrected chi connectivity index (χ2v) is 16.3. The molecule has 302 valence electrons. The van der Waals surface area contributed by atoms with Gasteiger partial charge < -0.3 is 8.98 Å². The maximum atomic E-state index is 10.4. The van der Waals surface area contributed by atoms with Crippen LogP contribution in [0.3, 0.4) is 0 Å². The molecule has 0 amide bonds. The zero-order chi connectivity index (χ0) is 43.0. The highest BCUT2D eigenvalue weighted by atomic mass is 16.3. The van der Waals surface area contributed by atoms with E-state index in [9.17, 15) is 5.26 Å². The molecular weight excluding hydrogens is 797 g/mol. The average molecular weight is 831 g/mol. The first-order valence-electron chi connectivity index (χ1n) is 21.6. The highest BCUT2D eigenvalue weighted by molar-refractivity contribution is 6.24. The molecule has 0 radical (unpaired) electrons. The fourth-order valence-corrected chi connectivity index (χ4v) is 9.69. The van der Waals surface area contributed by atoms with E-state index in [0.29, 0.717) is 23.2 Å². The van der Waals surface area contributed by atoms with E-state index in [4.69, 9.17) is 19.4 Å². The van der Waals surface area contributed by atoms with E-state index in [1.165, 1.54) is 0 Å². The number of para-hydroxylation sites is 3. The maximum absolute atomic E-state index is 10.4. The van der Waals surface area contributed by atoms with Gasteiger partial charge in [0.05, 0.1) is 33.7 Å². The van der Waals surface area contributed by atoms with Gasteiger partial charge in [0.2, 0.25) is 5.95 Å². The van der Waals surface area contributed by atoms with E-state index < -0.39 is 0 Å². The van der Waals surface area contributed by atoms with Crippen molar-refractivity contribution in [2.24, 2.45) is 0 Å². The van der Waals surface area contributed by atoms with Crippen LogP contribution in [0.1, 0.15) is 5.56 Å². The Kier molecular flexibility index (Phi) is 8.14. The van der Waals surface area contributed by atoms with Crippen LogP contribution in [0.5, 0.6) is 0 Å². The Hall–Kier alpha value is -9.12. The minimum absolute atomic E-state index is 0.511. The third-order valence-electron chi connectivity index (χ3n) is 12.6. The van der Waals surface area contributed by atoms with E-state index in [-0.39, 0.29) is 0 Å². The molecular formula is C58H34N6O. The Morgan fingerprint density at radius 2 is 0.923 bits per heavy atom. The second kappa shape index (κ2) is 14.5. The van der Waals surface area contributed by atoms with Crippen molar-refractivity contribution in [2.45, 2.75) is 0 Å². The molecule has 0 aliphatic heterocycles. The molecule has 4 heterocycles. The Bertz CT molecular complexity index is 4060. The van der Waals surface area contributed by atoms with Gasteiger partial charge in [-0.3, -0.25) is 4.57 Å². The van der Waals surface area contributed by atoms with Crippen LogP contribution in [-0.4, -0.2) is 24.1 Å². The maximum Gasteiger partial charge on any atom is 0.238 e. The molecule has 65 heavy (non-hydrogen) atoms. The fraction of sp³-hybridized carbons (Fsp3) is 0. The Morgan fingerprint density at radius 3 is 1.62 bits per heavy atom. The predicted octanol–water partition coefficient (Wildman–Crippen LogP) is 14.5. The minimum Gasteiger partial charge on any atom is -0.455 e. The summed E-state index contributed by atoms with van der Waals surface area (Å²) in [5.41, 5.74) is 12.7. The highest BCUT2D eigenvalue weighted by Gasteiger charge is 2.25. The second-order valence-electron chi connectivity index (χ2n) is 16.3. The first-order chi connectivity index (χ1) is 32.2. The number of hydrogen-bond donors (Lipinski definition) is 0. The van der Waals surface area contributed by atoms with Crippen molar-refractivity contribution < 1.29 is 4.42 Å². The molecule has 4 aromatic heterocycles. The topological polar surface area (TPSA) is 85.5 Å². The first-order valence-corrected chi connectivity index (χ1v) is 21.6. The lowest BCUT2D eigenvalue weighted by Gasteiger charge is -2.15. The SMILES string of the molecule is N#Cc1ccccc1-c1cc(-n2c3ccccc3c3ccc4c5ccccc5n(-c5nc(-c6ccccc6)nc(-c6ccc(-c7ccccc7)cc6)n5)c4c32)cc2c1oc1ccccc12. The minimum atomic E-state index is 0.511. The van der Waals surface area contributed by atoms with Crippen LogP contribution >= 0.6 is 0 Å². The van der Waals surface area contributed by atoms with Crippen LogP contribution in [0.25, 0.3) is 122 Å². The van der Waals surface area contributed by atoms with Gasteiger partial charge in [0.1, 0.15) is 11.2 Å². The number of rotatable bonds is 6. The monoisotopic (exact) mass is 830 g/mol. The van der Waals surface area contributed by atoms with Gasteiger partial charge in [0.15, 0.2) is 11.6 Å². The van der Waals surface area contributed by atoms with Gasteiger partial charge in [-0.25, -0.2) is 4.98 Å². The Balaban J connectivity index is 1.15. The van der Waals surface area contributed by atoms with Gasteiger partial charge in [-0.15, -0.1) is 0 Å². The molecule has 13 rings (SSSR count). The molecule has 0 bridgehead atoms. The Morgan fingerprint density at radius 1 is 0.400 bits per heavy atom. The van der Waals surface area contributed by atoms with E-state index in [1.807, 2.05) is 78.9 Å². The zero-order valence-electron chi connectivity index (χ0n) is 34.7. The van der Waals surface area contributed by atoms with Crippen molar-refractivity contribution >= 4 is 65.6 Å². The lowest BCUT2D eigenvalue weighted by molar-refractivity contribution is 0.670. The summed E-state index contributed by atoms with van der Waals surface area (Å²) >= 11 is 0. The van der Waals surface area contributed by atoms with Crippen molar-refractivity contribution in [1.82, 2.24) is 24.1 Å². The number of nitrogens with zero attached hydrogens (tertiary/aromatic N) is 6. The summed E-state index contributed by atoms with van der Waals surface area (Å²) in [7, 11) is 0. The molecule has 7 heteroatoms. The first kappa shape index (κ1) is 36.5. The number of fused-ring (bicyclic) bond motifs is 10. The quantitative estimate of drug-likeness (QED) is 0.167. The smallest absolute Gasteiger partial charge is 0.238 e. The number of furan rings is 1. The van der Waals surface area contributed by atoms with Crippen LogP contribution in [0, 0.1) is 11.3 Å². The lowest BCUT2D eigenvalue weighted by atomic mass is 9.97. The molecule has 9 aromatic carbocycles. The molecule has 0 aliphatic carbocycles. The molecule has 0 fully saturated rings. The molecule has 0 N–H and O–H groups in total. The number of aromatic nitrogens is 5. The normalized spacial score (nSPS) is 11.7. The molecule has 0 saturated carbocycles. The van der Waals surface area contributed by atoms with E-state index in [1.54, 1.807) is 0 Å². The van der Waals surface area contributed by atoms with Crippen molar-refractivity contribution in [3.8, 4) is 62.7 Å². The van der Waals surface area contributed by atoms with Gasteiger partial charge in [0, 0.05) is 60.3 Å². The lowest BCUT2D eigenvalue weighted by Crippen LogP contribution is -2.07. The van der Waals surface area contributed by atoms with Crippen LogP contribution in [0.15, 0.2) is 211 Å². The molecule has 0 saturated heterocycles. The largest absolute Gasteiger partial charge is 0.455 e. The third-order valence-corrected chi connectivity index (χ3v) is 12.6. The van der Waals surface area contributed by atoms with Crippen LogP contribution in [0.2, 0.25) is 0 Å². The molecule has 0 unspecified atom stereocenters. The van der Waals surface area contributed by atoms with Crippen molar-refractivity contribution in [3.63, 3.8) is 0 Å².